The van der Waals surface area contributed by atoms with Crippen LogP contribution in [0.2, 0.25) is 5.02 Å². The van der Waals surface area contributed by atoms with Gasteiger partial charge in [-0.25, -0.2) is 0 Å². The number of hydrogen-bond donors (Lipinski definition) is 2. The van der Waals surface area contributed by atoms with Crippen molar-refractivity contribution in [2.45, 2.75) is 20.4 Å². The first-order chi connectivity index (χ1) is 8.58. The molecule has 0 aliphatic rings. The third-order valence-electron chi connectivity index (χ3n) is 2.97. The van der Waals surface area contributed by atoms with E-state index in [4.69, 9.17) is 11.6 Å². The quantitative estimate of drug-likeness (QED) is 0.865. The molecule has 2 N–H and O–H groups in total. The van der Waals surface area contributed by atoms with Crippen LogP contribution in [0.15, 0.2) is 36.4 Å². The van der Waals surface area contributed by atoms with Crippen LogP contribution in [0, 0.1) is 13.8 Å². The zero-order chi connectivity index (χ0) is 13.1. The molecule has 0 aromatic heterocycles. The Morgan fingerprint density at radius 3 is 2.72 bits per heavy atom. The first-order valence-electron chi connectivity index (χ1n) is 5.85. The number of nitrogens with one attached hydrogen (secondary N) is 1. The van der Waals surface area contributed by atoms with E-state index in [1.54, 1.807) is 6.07 Å². The lowest BCUT2D eigenvalue weighted by molar-refractivity contribution is 0.469. The van der Waals surface area contributed by atoms with Crippen molar-refractivity contribution in [3.63, 3.8) is 0 Å². The van der Waals surface area contributed by atoms with Crippen LogP contribution in [0.25, 0.3) is 0 Å². The molecule has 2 nitrogen and oxygen atoms in total. The van der Waals surface area contributed by atoms with Crippen LogP contribution in [0.5, 0.6) is 5.75 Å². The molecule has 0 unspecified atom stereocenters. The van der Waals surface area contributed by atoms with Crippen molar-refractivity contribution >= 4 is 17.3 Å². The molecule has 0 atom stereocenters. The molecule has 2 rings (SSSR count). The Bertz CT molecular complexity index is 564. The second-order valence-corrected chi connectivity index (χ2v) is 4.81. The van der Waals surface area contributed by atoms with Gasteiger partial charge in [0.25, 0.3) is 0 Å². The van der Waals surface area contributed by atoms with E-state index in [0.29, 0.717) is 12.3 Å². The third-order valence-corrected chi connectivity index (χ3v) is 3.38. The highest BCUT2D eigenvalue weighted by atomic mass is 35.5. The highest BCUT2D eigenvalue weighted by Crippen LogP contribution is 2.25. The maximum Gasteiger partial charge on any atom is 0.120 e. The number of rotatable bonds is 3. The van der Waals surface area contributed by atoms with Gasteiger partial charge in [0.15, 0.2) is 0 Å². The minimum Gasteiger partial charge on any atom is -0.508 e. The highest BCUT2D eigenvalue weighted by Gasteiger charge is 2.04. The van der Waals surface area contributed by atoms with E-state index < -0.39 is 0 Å². The number of hydrogen-bond acceptors (Lipinski definition) is 2. The second-order valence-electron chi connectivity index (χ2n) is 4.40. The molecule has 18 heavy (non-hydrogen) atoms. The molecule has 0 amide bonds. The largest absolute Gasteiger partial charge is 0.508 e. The number of phenols is 1. The van der Waals surface area contributed by atoms with Crippen LogP contribution in [-0.4, -0.2) is 5.11 Å². The Kier molecular flexibility index (Phi) is 3.78. The highest BCUT2D eigenvalue weighted by molar-refractivity contribution is 6.31. The van der Waals surface area contributed by atoms with E-state index >= 15 is 0 Å². The zero-order valence-electron chi connectivity index (χ0n) is 10.5. The summed E-state index contributed by atoms with van der Waals surface area (Å²) >= 11 is 6.06. The van der Waals surface area contributed by atoms with E-state index in [2.05, 4.69) is 5.32 Å². The van der Waals surface area contributed by atoms with Gasteiger partial charge in [0.05, 0.1) is 0 Å². The fraction of sp³-hybridized carbons (Fsp3) is 0.200. The number of benzene rings is 2. The summed E-state index contributed by atoms with van der Waals surface area (Å²) in [6, 6.07) is 11.3. The molecule has 0 aliphatic carbocycles. The molecular weight excluding hydrogens is 246 g/mol. The van der Waals surface area contributed by atoms with Crippen LogP contribution in [0.3, 0.4) is 0 Å². The van der Waals surface area contributed by atoms with Gasteiger partial charge in [-0.3, -0.25) is 0 Å². The topological polar surface area (TPSA) is 32.3 Å². The number of anilines is 1. The molecule has 0 bridgehead atoms. The van der Waals surface area contributed by atoms with Crippen LogP contribution >= 0.6 is 11.6 Å². The van der Waals surface area contributed by atoms with Crippen LogP contribution in [0.1, 0.15) is 16.7 Å². The fourth-order valence-electron chi connectivity index (χ4n) is 1.85. The Hall–Kier alpha value is -1.67. The molecular formula is C15H16ClNO. The SMILES string of the molecule is Cc1ccc(O)c(CNc2cccc(Cl)c2C)c1. The maximum atomic E-state index is 9.77. The van der Waals surface area contributed by atoms with E-state index in [0.717, 1.165) is 27.4 Å². The van der Waals surface area contributed by atoms with Crippen molar-refractivity contribution in [2.75, 3.05) is 5.32 Å². The number of halogens is 1. The smallest absolute Gasteiger partial charge is 0.120 e. The Labute approximate surface area is 112 Å². The predicted molar refractivity (Wildman–Crippen MR) is 76.4 cm³/mol. The van der Waals surface area contributed by atoms with Gasteiger partial charge in [0.2, 0.25) is 0 Å². The summed E-state index contributed by atoms with van der Waals surface area (Å²) in [5.41, 5.74) is 4.02. The van der Waals surface area contributed by atoms with Crippen molar-refractivity contribution < 1.29 is 5.11 Å². The van der Waals surface area contributed by atoms with Gasteiger partial charge in [-0.2, -0.15) is 0 Å². The van der Waals surface area contributed by atoms with E-state index in [-0.39, 0.29) is 0 Å². The Morgan fingerprint density at radius 2 is 1.94 bits per heavy atom. The molecule has 0 aliphatic heterocycles. The van der Waals surface area contributed by atoms with Gasteiger partial charge in [-0.1, -0.05) is 35.4 Å². The van der Waals surface area contributed by atoms with Gasteiger partial charge in [0.1, 0.15) is 5.75 Å². The minimum atomic E-state index is 0.313. The van der Waals surface area contributed by atoms with Crippen LogP contribution in [0.4, 0.5) is 5.69 Å². The molecule has 2 aromatic carbocycles. The maximum absolute atomic E-state index is 9.77. The fourth-order valence-corrected chi connectivity index (χ4v) is 2.02. The molecule has 0 radical (unpaired) electrons. The summed E-state index contributed by atoms with van der Waals surface area (Å²) in [6.45, 7) is 4.56. The molecule has 0 saturated carbocycles. The summed E-state index contributed by atoms with van der Waals surface area (Å²) < 4.78 is 0. The molecule has 3 heteroatoms. The van der Waals surface area contributed by atoms with Crippen LogP contribution < -0.4 is 5.32 Å². The summed E-state index contributed by atoms with van der Waals surface area (Å²) in [7, 11) is 0. The van der Waals surface area contributed by atoms with Gasteiger partial charge >= 0.3 is 0 Å². The van der Waals surface area contributed by atoms with Gasteiger partial charge in [-0.05, 0) is 37.6 Å². The summed E-state index contributed by atoms with van der Waals surface area (Å²) in [5, 5.41) is 13.8. The molecule has 94 valence electrons. The van der Waals surface area contributed by atoms with E-state index in [1.807, 2.05) is 44.2 Å². The van der Waals surface area contributed by atoms with E-state index in [9.17, 15) is 5.11 Å². The van der Waals surface area contributed by atoms with Crippen molar-refractivity contribution in [1.29, 1.82) is 0 Å². The van der Waals surface area contributed by atoms with Crippen LogP contribution in [-0.2, 0) is 6.54 Å². The van der Waals surface area contributed by atoms with Gasteiger partial charge in [0, 0.05) is 22.8 Å². The van der Waals surface area contributed by atoms with Crippen molar-refractivity contribution in [3.05, 3.63) is 58.1 Å². The zero-order valence-corrected chi connectivity index (χ0v) is 11.3. The Morgan fingerprint density at radius 1 is 1.17 bits per heavy atom. The lowest BCUT2D eigenvalue weighted by Crippen LogP contribution is -2.01. The summed E-state index contributed by atoms with van der Waals surface area (Å²) in [4.78, 5) is 0. The van der Waals surface area contributed by atoms with Crippen molar-refractivity contribution in [2.24, 2.45) is 0 Å². The molecule has 0 spiro atoms. The van der Waals surface area contributed by atoms with E-state index in [1.165, 1.54) is 0 Å². The minimum absolute atomic E-state index is 0.313. The number of phenolic OH excluding ortho intramolecular Hbond substituents is 1. The standard InChI is InChI=1S/C15H16ClNO/c1-10-6-7-15(18)12(8-10)9-17-14-5-3-4-13(16)11(14)2/h3-8,17-18H,9H2,1-2H3. The van der Waals surface area contributed by atoms with Crippen molar-refractivity contribution in [1.82, 2.24) is 0 Å². The number of aryl methyl sites for hydroxylation is 1. The predicted octanol–water partition coefficient (Wildman–Crippen LogP) is 4.27. The normalized spacial score (nSPS) is 10.4. The van der Waals surface area contributed by atoms with Crippen molar-refractivity contribution in [3.8, 4) is 5.75 Å². The molecule has 0 heterocycles. The average Bonchev–Trinajstić information content (AvgIpc) is 2.35. The third kappa shape index (κ3) is 2.77. The first-order valence-corrected chi connectivity index (χ1v) is 6.23. The van der Waals surface area contributed by atoms with Gasteiger partial charge < -0.3 is 10.4 Å². The summed E-state index contributed by atoms with van der Waals surface area (Å²) in [6.07, 6.45) is 0. The summed E-state index contributed by atoms with van der Waals surface area (Å²) in [5.74, 6) is 0.313. The lowest BCUT2D eigenvalue weighted by Gasteiger charge is -2.12. The lowest BCUT2D eigenvalue weighted by atomic mass is 10.1. The first kappa shape index (κ1) is 12.8. The molecule has 0 fully saturated rings. The molecule has 0 saturated heterocycles. The molecule has 2 aromatic rings. The monoisotopic (exact) mass is 261 g/mol. The average molecular weight is 262 g/mol. The second kappa shape index (κ2) is 5.32. The number of aromatic hydroxyl groups is 1. The Balaban J connectivity index is 2.16. The van der Waals surface area contributed by atoms with Gasteiger partial charge in [-0.15, -0.1) is 0 Å².